The molecule has 1 saturated carbocycles. The van der Waals surface area contributed by atoms with Crippen LogP contribution in [0.1, 0.15) is 66.1 Å². The fourth-order valence-electron chi connectivity index (χ4n) is 7.54. The summed E-state index contributed by atoms with van der Waals surface area (Å²) < 4.78 is 159. The van der Waals surface area contributed by atoms with Gasteiger partial charge in [0.25, 0.3) is 5.92 Å². The Kier molecular flexibility index (Phi) is 11.7. The summed E-state index contributed by atoms with van der Waals surface area (Å²) in [6.45, 7) is 0.426. The second kappa shape index (κ2) is 16.1. The van der Waals surface area contributed by atoms with Gasteiger partial charge in [0, 0.05) is 59.0 Å². The van der Waals surface area contributed by atoms with E-state index in [1.54, 1.807) is 27.2 Å². The van der Waals surface area contributed by atoms with Gasteiger partial charge in [0.05, 0.1) is 27.7 Å². The van der Waals surface area contributed by atoms with Crippen molar-refractivity contribution in [1.29, 1.82) is 0 Å². The van der Waals surface area contributed by atoms with Gasteiger partial charge in [0.1, 0.15) is 40.9 Å². The number of anilines is 1. The first-order valence-corrected chi connectivity index (χ1v) is 21.6. The normalized spacial score (nSPS) is 17.9. The molecule has 1 amide bonds. The summed E-state index contributed by atoms with van der Waals surface area (Å²) >= 11 is 7.76. The Bertz CT molecular complexity index is 2680. The third-order valence-corrected chi connectivity index (χ3v) is 13.2. The molecule has 4 atom stereocenters. The third kappa shape index (κ3) is 8.74. The summed E-state index contributed by atoms with van der Waals surface area (Å²) in [5.74, 6) is -3.77. The van der Waals surface area contributed by atoms with Gasteiger partial charge >= 0.3 is 12.4 Å². The number of alkyl halides is 8. The SMILES string of the molecule is CSN(C)c1nn(CC(F)(F)F)c2c(-c3ccc(C#CC(C)(C)S(C)=O)nc3C(Cc3cc(F)cc(F)c3)NC(=O)Cn3nc(C(F)(F)F)c4c3C(F)(F)C3CC43)ccc(Cl)c12. The second-order valence-electron chi connectivity index (χ2n) is 15.4. The lowest BCUT2D eigenvalue weighted by atomic mass is 9.93. The molecule has 1 N–H and O–H groups in total. The van der Waals surface area contributed by atoms with E-state index >= 15 is 8.78 Å². The predicted octanol–water partition coefficient (Wildman–Crippen LogP) is 9.34. The van der Waals surface area contributed by atoms with Crippen LogP contribution in [0, 0.1) is 29.4 Å². The van der Waals surface area contributed by atoms with Crippen molar-refractivity contribution in [1.82, 2.24) is 29.9 Å². The number of hydrogen-bond acceptors (Lipinski definition) is 7. The number of carbonyl (C=O) groups is 1. The second-order valence-corrected chi connectivity index (χ2v) is 18.6. The van der Waals surface area contributed by atoms with Crippen molar-refractivity contribution >= 4 is 57.0 Å². The average molecular weight is 934 g/mol. The maximum absolute atomic E-state index is 15.5. The van der Waals surface area contributed by atoms with Gasteiger partial charge in [0.2, 0.25) is 5.91 Å². The van der Waals surface area contributed by atoms with Crippen LogP contribution in [0.15, 0.2) is 42.5 Å². The maximum Gasteiger partial charge on any atom is 0.435 e. The standard InChI is InChI=1S/C40H34ClF10N7O2S2/c1-37(2,62(5)60)11-10-22-6-7-23(24-8-9-27(41)31-33(24)58(18-38(44,45)46)55-36(31)56(3)61-4)32(52-22)28(14-19-12-20(42)15-21(43)13-19)53-29(59)17-57-35-30(34(54-57)40(49,50)51)25-16-26(25)39(35,47)48/h6-9,12-13,15,25-26,28H,14,16-18H2,1-5H3,(H,53,59). The molecule has 3 heterocycles. The van der Waals surface area contributed by atoms with Crippen molar-refractivity contribution < 1.29 is 52.9 Å². The highest BCUT2D eigenvalue weighted by Gasteiger charge is 2.68. The number of pyridine rings is 1. The van der Waals surface area contributed by atoms with Crippen LogP contribution in [-0.2, 0) is 47.2 Å². The number of carbonyl (C=O) groups excluding carboxylic acids is 1. The van der Waals surface area contributed by atoms with Crippen LogP contribution in [0.5, 0.6) is 0 Å². The van der Waals surface area contributed by atoms with Crippen molar-refractivity contribution in [2.45, 2.75) is 74.8 Å². The minimum atomic E-state index is -5.13. The highest BCUT2D eigenvalue weighted by Crippen LogP contribution is 2.68. The van der Waals surface area contributed by atoms with Crippen LogP contribution in [-0.4, -0.2) is 65.1 Å². The molecule has 62 heavy (non-hydrogen) atoms. The highest BCUT2D eigenvalue weighted by atomic mass is 35.5. The van der Waals surface area contributed by atoms with E-state index in [-0.39, 0.29) is 56.2 Å². The lowest BCUT2D eigenvalue weighted by Crippen LogP contribution is -2.35. The number of amides is 1. The molecule has 22 heteroatoms. The summed E-state index contributed by atoms with van der Waals surface area (Å²) in [4.78, 5) is 18.7. The van der Waals surface area contributed by atoms with Gasteiger partial charge in [0.15, 0.2) is 11.5 Å². The van der Waals surface area contributed by atoms with Crippen LogP contribution in [0.2, 0.25) is 5.02 Å². The Morgan fingerprint density at radius 2 is 1.71 bits per heavy atom. The zero-order chi connectivity index (χ0) is 45.4. The van der Waals surface area contributed by atoms with Crippen LogP contribution in [0.3, 0.4) is 0 Å². The maximum atomic E-state index is 15.5. The van der Waals surface area contributed by atoms with E-state index in [2.05, 4.69) is 32.3 Å². The summed E-state index contributed by atoms with van der Waals surface area (Å²) in [5, 5.41) is 10.3. The molecule has 330 valence electrons. The molecule has 0 bridgehead atoms. The summed E-state index contributed by atoms with van der Waals surface area (Å²) in [6, 6.07) is 6.45. The first-order chi connectivity index (χ1) is 28.8. The number of benzene rings is 2. The number of rotatable bonds is 11. The van der Waals surface area contributed by atoms with Gasteiger partial charge < -0.3 is 9.62 Å². The molecule has 3 aromatic heterocycles. The quantitative estimate of drug-likeness (QED) is 0.0802. The van der Waals surface area contributed by atoms with Crippen molar-refractivity contribution in [2.75, 3.05) is 23.9 Å². The van der Waals surface area contributed by atoms with Crippen LogP contribution in [0.4, 0.5) is 49.7 Å². The highest BCUT2D eigenvalue weighted by molar-refractivity contribution is 7.99. The summed E-state index contributed by atoms with van der Waals surface area (Å²) in [7, 11) is 0.0709. The Labute approximate surface area is 359 Å². The number of hydrogen-bond donors (Lipinski definition) is 1. The van der Waals surface area contributed by atoms with Crippen LogP contribution >= 0.6 is 23.5 Å². The van der Waals surface area contributed by atoms with Crippen molar-refractivity contribution in [3.05, 3.63) is 93.0 Å². The van der Waals surface area contributed by atoms with Crippen molar-refractivity contribution in [2.24, 2.45) is 5.92 Å². The molecule has 5 aromatic rings. The molecule has 0 spiro atoms. The zero-order valence-electron chi connectivity index (χ0n) is 33.1. The smallest absolute Gasteiger partial charge is 0.346 e. The minimum absolute atomic E-state index is 0.0133. The van der Waals surface area contributed by atoms with Gasteiger partial charge in [-0.25, -0.2) is 13.8 Å². The molecule has 2 aliphatic carbocycles. The van der Waals surface area contributed by atoms with Gasteiger partial charge in [-0.15, -0.1) is 0 Å². The molecule has 7 rings (SSSR count). The number of nitrogens with zero attached hydrogens (tertiary/aromatic N) is 6. The van der Waals surface area contributed by atoms with Crippen LogP contribution < -0.4 is 9.62 Å². The summed E-state index contributed by atoms with van der Waals surface area (Å²) in [5.41, 5.74) is -3.66. The van der Waals surface area contributed by atoms with Crippen molar-refractivity contribution in [3.63, 3.8) is 0 Å². The number of aromatic nitrogens is 5. The van der Waals surface area contributed by atoms with E-state index in [0.29, 0.717) is 15.4 Å². The molecular formula is C40H34ClF10N7O2S2. The van der Waals surface area contributed by atoms with E-state index in [1.165, 1.54) is 34.8 Å². The van der Waals surface area contributed by atoms with E-state index in [1.807, 2.05) is 0 Å². The largest absolute Gasteiger partial charge is 0.435 e. The Morgan fingerprint density at radius 1 is 1.05 bits per heavy atom. The van der Waals surface area contributed by atoms with E-state index in [4.69, 9.17) is 11.6 Å². The molecule has 0 radical (unpaired) electrons. The number of nitrogens with one attached hydrogen (secondary N) is 1. The molecule has 2 aliphatic rings. The fraction of sp³-hybridized carbons (Fsp3) is 0.400. The van der Waals surface area contributed by atoms with E-state index in [0.717, 1.165) is 24.1 Å². The van der Waals surface area contributed by atoms with E-state index < -0.39 is 106 Å². The molecular weight excluding hydrogens is 900 g/mol. The van der Waals surface area contributed by atoms with Gasteiger partial charge in [-0.2, -0.15) is 45.3 Å². The summed E-state index contributed by atoms with van der Waals surface area (Å²) in [6.07, 6.45) is -7.56. The Hall–Kier alpha value is -4.81. The van der Waals surface area contributed by atoms with E-state index in [9.17, 15) is 44.1 Å². The predicted molar refractivity (Wildman–Crippen MR) is 214 cm³/mol. The third-order valence-electron chi connectivity index (χ3n) is 10.7. The minimum Gasteiger partial charge on any atom is -0.346 e. The van der Waals surface area contributed by atoms with Gasteiger partial charge in [-0.3, -0.25) is 18.4 Å². The lowest BCUT2D eigenvalue weighted by molar-refractivity contribution is -0.143. The lowest BCUT2D eigenvalue weighted by Gasteiger charge is -2.23. The molecule has 0 saturated heterocycles. The molecule has 1 fully saturated rings. The number of fused-ring (bicyclic) bond motifs is 4. The topological polar surface area (TPSA) is 97.9 Å². The number of halogens is 11. The fourth-order valence-corrected chi connectivity index (χ4v) is 8.28. The molecule has 0 aliphatic heterocycles. The van der Waals surface area contributed by atoms with Crippen LogP contribution in [0.25, 0.3) is 22.0 Å². The Balaban J connectivity index is 1.44. The zero-order valence-corrected chi connectivity index (χ0v) is 35.5. The molecule has 2 aromatic carbocycles. The first-order valence-electron chi connectivity index (χ1n) is 18.5. The first kappa shape index (κ1) is 45.2. The monoisotopic (exact) mass is 933 g/mol. The Morgan fingerprint density at radius 3 is 2.32 bits per heavy atom. The van der Waals surface area contributed by atoms with Gasteiger partial charge in [-0.1, -0.05) is 35.5 Å². The van der Waals surface area contributed by atoms with Gasteiger partial charge in [-0.05, 0) is 74.4 Å². The molecule has 9 nitrogen and oxygen atoms in total. The van der Waals surface area contributed by atoms with Crippen molar-refractivity contribution in [3.8, 4) is 23.0 Å². The average Bonchev–Trinajstić information content (AvgIpc) is 3.66. The molecule has 4 unspecified atom stereocenters.